The Labute approximate surface area is 133 Å². The number of carbonyl (C=O) groups is 1. The Morgan fingerprint density at radius 1 is 1.55 bits per heavy atom. The molecular weight excluding hydrogens is 304 g/mol. The molecule has 22 heavy (non-hydrogen) atoms. The van der Waals surface area contributed by atoms with Gasteiger partial charge in [-0.05, 0) is 18.9 Å². The molecule has 3 rings (SSSR count). The number of carbonyl (C=O) groups excluding carboxylic acids is 1. The van der Waals surface area contributed by atoms with E-state index in [1.54, 1.807) is 12.4 Å². The third-order valence-electron chi connectivity index (χ3n) is 3.89. The lowest BCUT2D eigenvalue weighted by Gasteiger charge is -2.23. The van der Waals surface area contributed by atoms with Gasteiger partial charge in [0.25, 0.3) is 5.91 Å². The standard InChI is InChI=1S/C15H17ClN4O2/c1-22-14-6-11(17)10(16)5-9(14)15(21)20-8-2-3-12-13(4-8)19-7-18-12/h5-8H,2-4,17H2,1H3,(H,18,19)(H,20,21). The largest absolute Gasteiger partial charge is 0.496 e. The highest BCUT2D eigenvalue weighted by Gasteiger charge is 2.24. The van der Waals surface area contributed by atoms with Crippen molar-refractivity contribution in [2.45, 2.75) is 25.3 Å². The zero-order chi connectivity index (χ0) is 15.7. The van der Waals surface area contributed by atoms with E-state index in [-0.39, 0.29) is 11.9 Å². The number of nitrogens with zero attached hydrogens (tertiary/aromatic N) is 1. The molecule has 1 heterocycles. The number of benzene rings is 1. The smallest absolute Gasteiger partial charge is 0.255 e. The second-order valence-corrected chi connectivity index (χ2v) is 5.72. The Morgan fingerprint density at radius 3 is 3.14 bits per heavy atom. The van der Waals surface area contributed by atoms with Gasteiger partial charge in [0.05, 0.1) is 35.4 Å². The number of aromatic amines is 1. The first-order valence-electron chi connectivity index (χ1n) is 7.03. The van der Waals surface area contributed by atoms with Crippen LogP contribution in [-0.2, 0) is 12.8 Å². The first-order valence-corrected chi connectivity index (χ1v) is 7.41. The number of rotatable bonds is 3. The number of imidazole rings is 1. The van der Waals surface area contributed by atoms with E-state index in [0.29, 0.717) is 22.0 Å². The van der Waals surface area contributed by atoms with E-state index in [1.165, 1.54) is 13.2 Å². The quantitative estimate of drug-likeness (QED) is 0.753. The fraction of sp³-hybridized carbons (Fsp3) is 0.333. The van der Waals surface area contributed by atoms with Crippen LogP contribution in [0.2, 0.25) is 5.02 Å². The fourth-order valence-electron chi connectivity index (χ4n) is 2.70. The van der Waals surface area contributed by atoms with E-state index in [1.807, 2.05) is 0 Å². The molecule has 1 amide bonds. The predicted octanol–water partition coefficient (Wildman–Crippen LogP) is 1.94. The van der Waals surface area contributed by atoms with E-state index in [0.717, 1.165) is 30.7 Å². The van der Waals surface area contributed by atoms with Crippen molar-refractivity contribution in [1.29, 1.82) is 0 Å². The molecule has 2 aromatic rings. The van der Waals surface area contributed by atoms with Gasteiger partial charge < -0.3 is 20.8 Å². The van der Waals surface area contributed by atoms with Crippen LogP contribution < -0.4 is 15.8 Å². The summed E-state index contributed by atoms with van der Waals surface area (Å²) in [5.74, 6) is 0.193. The minimum Gasteiger partial charge on any atom is -0.496 e. The number of H-pyrrole nitrogens is 1. The van der Waals surface area contributed by atoms with Gasteiger partial charge in [-0.1, -0.05) is 11.6 Å². The van der Waals surface area contributed by atoms with Crippen LogP contribution in [0.3, 0.4) is 0 Å². The number of ether oxygens (including phenoxy) is 1. The maximum absolute atomic E-state index is 12.5. The molecule has 0 bridgehead atoms. The second-order valence-electron chi connectivity index (χ2n) is 5.31. The molecule has 0 spiro atoms. The van der Waals surface area contributed by atoms with Crippen LogP contribution in [0.25, 0.3) is 0 Å². The Kier molecular flexibility index (Phi) is 3.94. The normalized spacial score (nSPS) is 16.9. The first-order chi connectivity index (χ1) is 10.6. The molecule has 1 unspecified atom stereocenters. The summed E-state index contributed by atoms with van der Waals surface area (Å²) in [4.78, 5) is 19.9. The van der Waals surface area contributed by atoms with Crippen molar-refractivity contribution < 1.29 is 9.53 Å². The van der Waals surface area contributed by atoms with Gasteiger partial charge >= 0.3 is 0 Å². The Hall–Kier alpha value is -2.21. The third-order valence-corrected chi connectivity index (χ3v) is 4.22. The van der Waals surface area contributed by atoms with Crippen LogP contribution >= 0.6 is 11.6 Å². The summed E-state index contributed by atoms with van der Waals surface area (Å²) in [6.45, 7) is 0. The van der Waals surface area contributed by atoms with E-state index in [4.69, 9.17) is 22.1 Å². The van der Waals surface area contributed by atoms with Crippen LogP contribution in [0.4, 0.5) is 5.69 Å². The van der Waals surface area contributed by atoms with Crippen molar-refractivity contribution in [3.05, 3.63) is 40.4 Å². The van der Waals surface area contributed by atoms with Gasteiger partial charge in [0.15, 0.2) is 0 Å². The average molecular weight is 321 g/mol. The number of amides is 1. The highest BCUT2D eigenvalue weighted by Crippen LogP contribution is 2.29. The molecule has 1 aliphatic carbocycles. The molecule has 4 N–H and O–H groups in total. The molecule has 0 saturated heterocycles. The van der Waals surface area contributed by atoms with Crippen molar-refractivity contribution in [2.24, 2.45) is 0 Å². The van der Waals surface area contributed by atoms with Gasteiger partial charge in [-0.2, -0.15) is 0 Å². The van der Waals surface area contributed by atoms with Gasteiger partial charge in [-0.15, -0.1) is 0 Å². The minimum absolute atomic E-state index is 0.0457. The van der Waals surface area contributed by atoms with Crippen LogP contribution in [0, 0.1) is 0 Å². The number of hydrogen-bond donors (Lipinski definition) is 3. The average Bonchev–Trinajstić information content (AvgIpc) is 2.97. The van der Waals surface area contributed by atoms with Crippen LogP contribution in [-0.4, -0.2) is 29.0 Å². The van der Waals surface area contributed by atoms with Crippen LogP contribution in [0.1, 0.15) is 28.2 Å². The number of hydrogen-bond acceptors (Lipinski definition) is 4. The summed E-state index contributed by atoms with van der Waals surface area (Å²) >= 11 is 6.01. The number of halogens is 1. The van der Waals surface area contributed by atoms with E-state index in [9.17, 15) is 4.79 Å². The Bertz CT molecular complexity index is 714. The molecule has 0 fully saturated rings. The number of anilines is 1. The van der Waals surface area contributed by atoms with Crippen molar-refractivity contribution in [2.75, 3.05) is 12.8 Å². The van der Waals surface area contributed by atoms with Crippen molar-refractivity contribution >= 4 is 23.2 Å². The van der Waals surface area contributed by atoms with Gasteiger partial charge in [0, 0.05) is 24.2 Å². The lowest BCUT2D eigenvalue weighted by Crippen LogP contribution is -2.39. The SMILES string of the molecule is COc1cc(N)c(Cl)cc1C(=O)NC1CCc2[nH]cnc2C1. The lowest BCUT2D eigenvalue weighted by molar-refractivity contribution is 0.0930. The number of fused-ring (bicyclic) bond motifs is 1. The van der Waals surface area contributed by atoms with E-state index in [2.05, 4.69) is 15.3 Å². The van der Waals surface area contributed by atoms with Gasteiger partial charge in [-0.3, -0.25) is 4.79 Å². The molecular formula is C15H17ClN4O2. The Morgan fingerprint density at radius 2 is 2.36 bits per heavy atom. The fourth-order valence-corrected chi connectivity index (χ4v) is 2.86. The summed E-state index contributed by atoms with van der Waals surface area (Å²) in [6.07, 6.45) is 4.15. The summed E-state index contributed by atoms with van der Waals surface area (Å²) in [6, 6.07) is 3.14. The molecule has 0 radical (unpaired) electrons. The van der Waals surface area contributed by atoms with Crippen molar-refractivity contribution in [1.82, 2.24) is 15.3 Å². The monoisotopic (exact) mass is 320 g/mol. The maximum atomic E-state index is 12.5. The zero-order valence-corrected chi connectivity index (χ0v) is 12.9. The number of aromatic nitrogens is 2. The van der Waals surface area contributed by atoms with Crippen molar-refractivity contribution in [3.63, 3.8) is 0 Å². The molecule has 6 nitrogen and oxygen atoms in total. The predicted molar refractivity (Wildman–Crippen MR) is 84.3 cm³/mol. The molecule has 0 saturated carbocycles. The summed E-state index contributed by atoms with van der Waals surface area (Å²) < 4.78 is 5.22. The molecule has 1 aliphatic rings. The highest BCUT2D eigenvalue weighted by molar-refractivity contribution is 6.33. The van der Waals surface area contributed by atoms with E-state index >= 15 is 0 Å². The van der Waals surface area contributed by atoms with Gasteiger partial charge in [0.1, 0.15) is 5.75 Å². The molecule has 1 aromatic heterocycles. The lowest BCUT2D eigenvalue weighted by atomic mass is 9.96. The number of methoxy groups -OCH3 is 1. The number of nitrogens with one attached hydrogen (secondary N) is 2. The summed E-state index contributed by atoms with van der Waals surface area (Å²) in [5.41, 5.74) is 8.67. The van der Waals surface area contributed by atoms with Crippen LogP contribution in [0.15, 0.2) is 18.5 Å². The zero-order valence-electron chi connectivity index (χ0n) is 12.1. The number of nitrogen functional groups attached to an aromatic ring is 1. The number of aryl methyl sites for hydroxylation is 1. The number of nitrogens with two attached hydrogens (primary N) is 1. The third kappa shape index (κ3) is 2.74. The topological polar surface area (TPSA) is 93.0 Å². The molecule has 0 aliphatic heterocycles. The summed E-state index contributed by atoms with van der Waals surface area (Å²) in [7, 11) is 1.50. The molecule has 1 atom stereocenters. The first kappa shape index (κ1) is 14.7. The van der Waals surface area contributed by atoms with E-state index < -0.39 is 0 Å². The molecule has 7 heteroatoms. The maximum Gasteiger partial charge on any atom is 0.255 e. The van der Waals surface area contributed by atoms with Crippen molar-refractivity contribution in [3.8, 4) is 5.75 Å². The minimum atomic E-state index is -0.220. The second kappa shape index (κ2) is 5.88. The van der Waals surface area contributed by atoms with Crippen LogP contribution in [0.5, 0.6) is 5.75 Å². The van der Waals surface area contributed by atoms with Gasteiger partial charge in [0.2, 0.25) is 0 Å². The molecule has 1 aromatic carbocycles. The molecule has 116 valence electrons. The van der Waals surface area contributed by atoms with Gasteiger partial charge in [-0.25, -0.2) is 4.98 Å². The summed E-state index contributed by atoms with van der Waals surface area (Å²) in [5, 5.41) is 3.35. The highest BCUT2D eigenvalue weighted by atomic mass is 35.5. The Balaban J connectivity index is 1.77.